The Bertz CT molecular complexity index is 929. The highest BCUT2D eigenvalue weighted by Crippen LogP contribution is 2.31. The summed E-state index contributed by atoms with van der Waals surface area (Å²) in [7, 11) is 0. The van der Waals surface area contributed by atoms with Crippen LogP contribution < -0.4 is 4.90 Å². The molecule has 4 rings (SSSR count). The quantitative estimate of drug-likeness (QED) is 0.649. The summed E-state index contributed by atoms with van der Waals surface area (Å²) in [6.45, 7) is 8.94. The highest BCUT2D eigenvalue weighted by Gasteiger charge is 2.28. The Hall–Kier alpha value is -2.37. The van der Waals surface area contributed by atoms with Gasteiger partial charge in [0.15, 0.2) is 5.69 Å². The van der Waals surface area contributed by atoms with Gasteiger partial charge in [0.2, 0.25) is 0 Å². The van der Waals surface area contributed by atoms with E-state index in [4.69, 9.17) is 4.74 Å². The minimum Gasteiger partial charge on any atom is -0.461 e. The number of ether oxygens (including phenoxy) is 1. The first-order valence-electron chi connectivity index (χ1n) is 11.3. The van der Waals surface area contributed by atoms with Crippen molar-refractivity contribution < 1.29 is 13.9 Å². The summed E-state index contributed by atoms with van der Waals surface area (Å²) < 4.78 is 21.0. The van der Waals surface area contributed by atoms with Crippen LogP contribution >= 0.6 is 0 Å². The van der Waals surface area contributed by atoms with E-state index in [2.05, 4.69) is 14.7 Å². The average Bonchev–Trinajstić information content (AvgIpc) is 3.35. The lowest BCUT2D eigenvalue weighted by atomic mass is 9.92. The molecule has 30 heavy (non-hydrogen) atoms. The summed E-state index contributed by atoms with van der Waals surface area (Å²) in [5.41, 5.74) is 5.82. The zero-order valence-corrected chi connectivity index (χ0v) is 18.3. The maximum Gasteiger partial charge on any atom is 0.359 e. The molecule has 162 valence electrons. The molecule has 0 bridgehead atoms. The molecule has 0 saturated carbocycles. The Morgan fingerprint density at radius 1 is 1.20 bits per heavy atom. The van der Waals surface area contributed by atoms with Crippen molar-refractivity contribution in [3.63, 3.8) is 0 Å². The van der Waals surface area contributed by atoms with E-state index >= 15 is 0 Å². The summed E-state index contributed by atoms with van der Waals surface area (Å²) in [5.74, 6) is 0.239. The lowest BCUT2D eigenvalue weighted by Crippen LogP contribution is -2.34. The Kier molecular flexibility index (Phi) is 6.11. The van der Waals surface area contributed by atoms with Gasteiger partial charge in [0.1, 0.15) is 5.82 Å². The molecule has 0 amide bonds. The van der Waals surface area contributed by atoms with Crippen LogP contribution in [-0.2, 0) is 24.1 Å². The molecule has 0 unspecified atom stereocenters. The third kappa shape index (κ3) is 3.96. The zero-order valence-electron chi connectivity index (χ0n) is 18.3. The van der Waals surface area contributed by atoms with Crippen LogP contribution in [0.15, 0.2) is 12.1 Å². The van der Waals surface area contributed by atoms with Crippen LogP contribution in [0.3, 0.4) is 0 Å². The number of halogens is 1. The van der Waals surface area contributed by atoms with Gasteiger partial charge < -0.3 is 9.64 Å². The van der Waals surface area contributed by atoms with Gasteiger partial charge in [-0.05, 0) is 88.5 Å². The van der Waals surface area contributed by atoms with E-state index < -0.39 is 0 Å². The van der Waals surface area contributed by atoms with Gasteiger partial charge in [-0.2, -0.15) is 5.10 Å². The molecule has 1 aliphatic carbocycles. The number of hydrogen-bond acceptors (Lipinski definition) is 4. The van der Waals surface area contributed by atoms with E-state index in [0.29, 0.717) is 18.2 Å². The van der Waals surface area contributed by atoms with E-state index in [9.17, 15) is 9.18 Å². The number of nitrogens with zero attached hydrogens (tertiary/aromatic N) is 3. The largest absolute Gasteiger partial charge is 0.461 e. The van der Waals surface area contributed by atoms with Gasteiger partial charge in [-0.1, -0.05) is 0 Å². The maximum atomic E-state index is 13.8. The molecule has 0 N–H and O–H groups in total. The molecule has 5 nitrogen and oxygen atoms in total. The number of piperidine rings is 1. The standard InChI is InChI=1S/C24H32FN3O2/c1-4-30-24(29)23-19-6-5-7-22(19)28(26-23)15-12-18-10-13-27(14-11-18)21-9-8-20(25)16(2)17(21)3/h8-9,18H,4-7,10-15H2,1-3H3. The number of aryl methyl sites for hydroxylation is 1. The SMILES string of the molecule is CCOC(=O)c1nn(CCC2CCN(c3ccc(F)c(C)c3C)CC2)c2c1CCC2. The minimum absolute atomic E-state index is 0.125. The first-order valence-corrected chi connectivity index (χ1v) is 11.3. The average molecular weight is 414 g/mol. The van der Waals surface area contributed by atoms with Crippen LogP contribution in [0.5, 0.6) is 0 Å². The van der Waals surface area contributed by atoms with Gasteiger partial charge in [0.05, 0.1) is 6.61 Å². The molecule has 1 aromatic carbocycles. The molecule has 0 radical (unpaired) electrons. The first kappa shape index (κ1) is 20.9. The fraction of sp³-hybridized carbons (Fsp3) is 0.583. The van der Waals surface area contributed by atoms with E-state index in [1.54, 1.807) is 6.07 Å². The van der Waals surface area contributed by atoms with Crippen molar-refractivity contribution in [1.82, 2.24) is 9.78 Å². The topological polar surface area (TPSA) is 47.4 Å². The summed E-state index contributed by atoms with van der Waals surface area (Å²) in [6.07, 6.45) is 6.36. The molecule has 6 heteroatoms. The Labute approximate surface area is 178 Å². The predicted octanol–water partition coefficient (Wildman–Crippen LogP) is 4.61. The van der Waals surface area contributed by atoms with Gasteiger partial charge in [-0.15, -0.1) is 0 Å². The maximum absolute atomic E-state index is 13.8. The molecule has 0 spiro atoms. The van der Waals surface area contributed by atoms with E-state index in [1.807, 2.05) is 26.8 Å². The Morgan fingerprint density at radius 2 is 1.97 bits per heavy atom. The van der Waals surface area contributed by atoms with Gasteiger partial charge >= 0.3 is 5.97 Å². The highest BCUT2D eigenvalue weighted by molar-refractivity contribution is 5.89. The first-order chi connectivity index (χ1) is 14.5. The van der Waals surface area contributed by atoms with Crippen molar-refractivity contribution in [3.05, 3.63) is 46.0 Å². The molecule has 1 aromatic heterocycles. The van der Waals surface area contributed by atoms with Crippen LogP contribution in [0.1, 0.15) is 65.5 Å². The van der Waals surface area contributed by atoms with Crippen LogP contribution in [-0.4, -0.2) is 35.4 Å². The second-order valence-corrected chi connectivity index (χ2v) is 8.61. The van der Waals surface area contributed by atoms with Gasteiger partial charge in [0, 0.05) is 36.6 Å². The molecule has 1 aliphatic heterocycles. The third-order valence-electron chi connectivity index (χ3n) is 6.87. The van der Waals surface area contributed by atoms with Crippen molar-refractivity contribution in [2.45, 2.75) is 65.8 Å². The fourth-order valence-corrected chi connectivity index (χ4v) is 4.94. The molecule has 2 aliphatic rings. The van der Waals surface area contributed by atoms with Gasteiger partial charge in [-0.25, -0.2) is 9.18 Å². The number of aromatic nitrogens is 2. The number of benzene rings is 1. The van der Waals surface area contributed by atoms with Crippen LogP contribution in [0.4, 0.5) is 10.1 Å². The molecular formula is C24H32FN3O2. The number of hydrogen-bond donors (Lipinski definition) is 0. The molecule has 0 atom stereocenters. The summed E-state index contributed by atoms with van der Waals surface area (Å²) >= 11 is 0. The molecule has 2 aromatic rings. The van der Waals surface area contributed by atoms with Crippen molar-refractivity contribution in [2.24, 2.45) is 5.92 Å². The van der Waals surface area contributed by atoms with Crippen molar-refractivity contribution in [3.8, 4) is 0 Å². The summed E-state index contributed by atoms with van der Waals surface area (Å²) in [6, 6.07) is 3.51. The molecular weight excluding hydrogens is 381 g/mol. The smallest absolute Gasteiger partial charge is 0.359 e. The molecule has 1 saturated heterocycles. The fourth-order valence-electron chi connectivity index (χ4n) is 4.94. The number of rotatable bonds is 6. The lowest BCUT2D eigenvalue weighted by molar-refractivity contribution is 0.0517. The van der Waals surface area contributed by atoms with Crippen molar-refractivity contribution in [2.75, 3.05) is 24.6 Å². The van der Waals surface area contributed by atoms with Crippen molar-refractivity contribution >= 4 is 11.7 Å². The monoisotopic (exact) mass is 413 g/mol. The number of carbonyl (C=O) groups excluding carboxylic acids is 1. The van der Waals surface area contributed by atoms with Gasteiger partial charge in [-0.3, -0.25) is 4.68 Å². The number of esters is 1. The second kappa shape index (κ2) is 8.78. The predicted molar refractivity (Wildman–Crippen MR) is 116 cm³/mol. The number of fused-ring (bicyclic) bond motifs is 1. The summed E-state index contributed by atoms with van der Waals surface area (Å²) in [5, 5.41) is 4.62. The van der Waals surface area contributed by atoms with Crippen LogP contribution in [0.25, 0.3) is 0 Å². The van der Waals surface area contributed by atoms with Crippen LogP contribution in [0, 0.1) is 25.6 Å². The Morgan fingerprint density at radius 3 is 2.70 bits per heavy atom. The molecule has 1 fully saturated rings. The third-order valence-corrected chi connectivity index (χ3v) is 6.87. The van der Waals surface area contributed by atoms with E-state index in [1.165, 1.54) is 5.69 Å². The second-order valence-electron chi connectivity index (χ2n) is 8.61. The van der Waals surface area contributed by atoms with E-state index in [0.717, 1.165) is 80.5 Å². The minimum atomic E-state index is -0.285. The van der Waals surface area contributed by atoms with Crippen LogP contribution in [0.2, 0.25) is 0 Å². The van der Waals surface area contributed by atoms with Gasteiger partial charge in [0.25, 0.3) is 0 Å². The zero-order chi connectivity index (χ0) is 21.3. The normalized spacial score (nSPS) is 16.7. The number of carbonyl (C=O) groups is 1. The molecule has 2 heterocycles. The summed E-state index contributed by atoms with van der Waals surface area (Å²) in [4.78, 5) is 14.6. The number of anilines is 1. The van der Waals surface area contributed by atoms with E-state index in [-0.39, 0.29) is 11.8 Å². The van der Waals surface area contributed by atoms with Crippen molar-refractivity contribution in [1.29, 1.82) is 0 Å². The lowest BCUT2D eigenvalue weighted by Gasteiger charge is -2.35. The highest BCUT2D eigenvalue weighted by atomic mass is 19.1. The Balaban J connectivity index is 1.36.